The summed E-state index contributed by atoms with van der Waals surface area (Å²) in [4.78, 5) is 5.53. The van der Waals surface area contributed by atoms with Crippen LogP contribution in [-0.2, 0) is 0 Å². The lowest BCUT2D eigenvalue weighted by Crippen LogP contribution is -2.42. The van der Waals surface area contributed by atoms with Gasteiger partial charge in [0.15, 0.2) is 0 Å². The van der Waals surface area contributed by atoms with Crippen molar-refractivity contribution < 1.29 is 0 Å². The van der Waals surface area contributed by atoms with Crippen molar-refractivity contribution in [3.05, 3.63) is 0 Å². The van der Waals surface area contributed by atoms with Gasteiger partial charge in [-0.15, -0.1) is 48.0 Å². The maximum absolute atomic E-state index is 2.76. The first-order valence-corrected chi connectivity index (χ1v) is 7.41. The first-order chi connectivity index (χ1) is 7.93. The summed E-state index contributed by atoms with van der Waals surface area (Å²) in [6.45, 7) is 5.55. The van der Waals surface area contributed by atoms with E-state index in [1.807, 2.05) is 0 Å². The summed E-state index contributed by atoms with van der Waals surface area (Å²) in [6.07, 6.45) is 11.7. The third-order valence-corrected chi connectivity index (χ3v) is 4.98. The van der Waals surface area contributed by atoms with E-state index in [4.69, 9.17) is 0 Å². The van der Waals surface area contributed by atoms with Crippen molar-refractivity contribution in [2.45, 2.75) is 63.5 Å². The molecule has 0 aromatic heterocycles. The average molecular weight is 478 g/mol. The van der Waals surface area contributed by atoms with Crippen molar-refractivity contribution >= 4 is 48.0 Å². The van der Waals surface area contributed by atoms with Gasteiger partial charge in [0.1, 0.15) is 0 Å². The zero-order valence-corrected chi connectivity index (χ0v) is 16.0. The molecule has 2 saturated heterocycles. The van der Waals surface area contributed by atoms with Gasteiger partial charge in [-0.25, -0.2) is 0 Å². The second kappa shape index (κ2) is 8.62. The Bertz CT molecular complexity index is 194. The van der Waals surface area contributed by atoms with Crippen LogP contribution in [0.5, 0.6) is 0 Å². The molecule has 4 heteroatoms. The van der Waals surface area contributed by atoms with Crippen LogP contribution < -0.4 is 0 Å². The van der Waals surface area contributed by atoms with E-state index in [2.05, 4.69) is 9.80 Å². The van der Waals surface area contributed by atoms with Crippen molar-refractivity contribution in [2.75, 3.05) is 26.2 Å². The van der Waals surface area contributed by atoms with Gasteiger partial charge in [-0.2, -0.15) is 0 Å². The smallest absolute Gasteiger partial charge is 0.00964 e. The number of likely N-dealkylation sites (tertiary alicyclic amines) is 2. The molecule has 3 aliphatic rings. The molecule has 2 nitrogen and oxygen atoms in total. The zero-order chi connectivity index (χ0) is 10.8. The highest BCUT2D eigenvalue weighted by Gasteiger charge is 2.30. The molecule has 1 saturated carbocycles. The average Bonchev–Trinajstić information content (AvgIpc) is 3.03. The predicted octanol–water partition coefficient (Wildman–Crippen LogP) is 3.73. The van der Waals surface area contributed by atoms with Crippen LogP contribution in [0, 0.1) is 0 Å². The van der Waals surface area contributed by atoms with Crippen molar-refractivity contribution in [1.82, 2.24) is 9.80 Å². The van der Waals surface area contributed by atoms with E-state index in [-0.39, 0.29) is 48.0 Å². The largest absolute Gasteiger partial charge is 0.300 e. The molecule has 0 aromatic rings. The molecule has 18 heavy (non-hydrogen) atoms. The fourth-order valence-electron chi connectivity index (χ4n) is 4.00. The monoisotopic (exact) mass is 478 g/mol. The van der Waals surface area contributed by atoms with Crippen molar-refractivity contribution in [2.24, 2.45) is 0 Å². The molecule has 0 bridgehead atoms. The van der Waals surface area contributed by atoms with Crippen LogP contribution in [0.1, 0.15) is 51.4 Å². The highest BCUT2D eigenvalue weighted by Crippen LogP contribution is 2.30. The van der Waals surface area contributed by atoms with Gasteiger partial charge in [-0.1, -0.05) is 0 Å². The van der Waals surface area contributed by atoms with Gasteiger partial charge < -0.3 is 9.80 Å². The molecule has 0 aromatic carbocycles. The lowest BCUT2D eigenvalue weighted by Gasteiger charge is -2.38. The predicted molar refractivity (Wildman–Crippen MR) is 98.5 cm³/mol. The Morgan fingerprint density at radius 3 is 1.06 bits per heavy atom. The van der Waals surface area contributed by atoms with Crippen LogP contribution in [-0.4, -0.2) is 48.1 Å². The summed E-state index contributed by atoms with van der Waals surface area (Å²) < 4.78 is 0. The lowest BCUT2D eigenvalue weighted by atomic mass is 9.89. The Balaban J connectivity index is 0.000000810. The van der Waals surface area contributed by atoms with Gasteiger partial charge in [0.05, 0.1) is 0 Å². The first kappa shape index (κ1) is 17.4. The number of hydrogen-bond acceptors (Lipinski definition) is 2. The summed E-state index contributed by atoms with van der Waals surface area (Å²) in [5.41, 5.74) is 0. The van der Waals surface area contributed by atoms with E-state index >= 15 is 0 Å². The molecule has 0 spiro atoms. The van der Waals surface area contributed by atoms with Crippen LogP contribution in [0.3, 0.4) is 0 Å². The van der Waals surface area contributed by atoms with Gasteiger partial charge >= 0.3 is 0 Å². The zero-order valence-electron chi connectivity index (χ0n) is 11.4. The van der Waals surface area contributed by atoms with E-state index in [0.29, 0.717) is 0 Å². The Morgan fingerprint density at radius 1 is 0.500 bits per heavy atom. The minimum absolute atomic E-state index is 0. The molecular formula is C14H28I2N2. The third kappa shape index (κ3) is 4.19. The standard InChI is InChI=1S/C14H26N2.2HI/c1-2-10-15(9-1)13-5-7-14(8-6-13)16-11-3-4-12-16;;/h13-14H,1-12H2;2*1H/t13-,14-;;. The quantitative estimate of drug-likeness (QED) is 0.559. The summed E-state index contributed by atoms with van der Waals surface area (Å²) >= 11 is 0. The molecule has 0 radical (unpaired) electrons. The normalized spacial score (nSPS) is 34.0. The number of nitrogens with zero attached hydrogens (tertiary/aromatic N) is 2. The topological polar surface area (TPSA) is 6.48 Å². The van der Waals surface area contributed by atoms with Crippen molar-refractivity contribution in [3.8, 4) is 0 Å². The molecule has 108 valence electrons. The van der Waals surface area contributed by atoms with E-state index < -0.39 is 0 Å². The molecule has 0 amide bonds. The van der Waals surface area contributed by atoms with Crippen molar-refractivity contribution in [3.63, 3.8) is 0 Å². The van der Waals surface area contributed by atoms with Crippen LogP contribution in [0.4, 0.5) is 0 Å². The molecule has 3 fully saturated rings. The molecule has 1 aliphatic carbocycles. The Kier molecular flexibility index (Phi) is 8.35. The summed E-state index contributed by atoms with van der Waals surface area (Å²) in [7, 11) is 0. The Hall–Kier alpha value is 1.38. The lowest BCUT2D eigenvalue weighted by molar-refractivity contribution is 0.123. The fourth-order valence-corrected chi connectivity index (χ4v) is 4.00. The minimum atomic E-state index is 0. The van der Waals surface area contributed by atoms with Gasteiger partial charge in [0.25, 0.3) is 0 Å². The molecule has 2 aliphatic heterocycles. The molecule has 3 rings (SSSR count). The molecule has 2 heterocycles. The van der Waals surface area contributed by atoms with E-state index in [0.717, 1.165) is 12.1 Å². The van der Waals surface area contributed by atoms with E-state index in [1.165, 1.54) is 77.5 Å². The summed E-state index contributed by atoms with van der Waals surface area (Å²) in [5, 5.41) is 0. The number of rotatable bonds is 2. The van der Waals surface area contributed by atoms with Crippen LogP contribution >= 0.6 is 48.0 Å². The van der Waals surface area contributed by atoms with Gasteiger partial charge in [0.2, 0.25) is 0 Å². The van der Waals surface area contributed by atoms with Gasteiger partial charge in [-0.3, -0.25) is 0 Å². The Labute approximate surface area is 146 Å². The number of hydrogen-bond donors (Lipinski definition) is 0. The van der Waals surface area contributed by atoms with Gasteiger partial charge in [0, 0.05) is 12.1 Å². The Morgan fingerprint density at radius 2 is 0.778 bits per heavy atom. The molecular weight excluding hydrogens is 450 g/mol. The number of halogens is 2. The highest BCUT2D eigenvalue weighted by molar-refractivity contribution is 14.0. The second-order valence-corrected chi connectivity index (χ2v) is 5.95. The summed E-state index contributed by atoms with van der Waals surface area (Å²) in [5.74, 6) is 0. The van der Waals surface area contributed by atoms with Crippen molar-refractivity contribution in [1.29, 1.82) is 0 Å². The van der Waals surface area contributed by atoms with Crippen LogP contribution in [0.25, 0.3) is 0 Å². The highest BCUT2D eigenvalue weighted by atomic mass is 127. The second-order valence-electron chi connectivity index (χ2n) is 5.95. The van der Waals surface area contributed by atoms with Crippen LogP contribution in [0.2, 0.25) is 0 Å². The molecule has 0 atom stereocenters. The third-order valence-electron chi connectivity index (χ3n) is 4.98. The van der Waals surface area contributed by atoms with Crippen LogP contribution in [0.15, 0.2) is 0 Å². The summed E-state index contributed by atoms with van der Waals surface area (Å²) in [6, 6.07) is 1.89. The van der Waals surface area contributed by atoms with E-state index in [9.17, 15) is 0 Å². The molecule has 0 N–H and O–H groups in total. The molecule has 0 unspecified atom stereocenters. The first-order valence-electron chi connectivity index (χ1n) is 7.41. The van der Waals surface area contributed by atoms with E-state index in [1.54, 1.807) is 0 Å². The minimum Gasteiger partial charge on any atom is -0.300 e. The van der Waals surface area contributed by atoms with Gasteiger partial charge in [-0.05, 0) is 77.5 Å². The SMILES string of the molecule is C1CCN([C@H]2CC[C@H](N3CCCC3)CC2)C1.I.I. The fraction of sp³-hybridized carbons (Fsp3) is 1.00. The maximum Gasteiger partial charge on any atom is 0.00964 e. The maximum atomic E-state index is 2.76.